The molecular weight excluding hydrogens is 307 g/mol. The van der Waals surface area contributed by atoms with E-state index in [0.717, 1.165) is 17.5 Å². The van der Waals surface area contributed by atoms with Gasteiger partial charge in [-0.25, -0.2) is 9.18 Å². The number of carboxylic acid groups (broad SMARTS) is 1. The van der Waals surface area contributed by atoms with E-state index in [4.69, 9.17) is 0 Å². The number of hydrogen-bond acceptors (Lipinski definition) is 3. The van der Waals surface area contributed by atoms with Gasteiger partial charge in [-0.05, 0) is 61.4 Å². The van der Waals surface area contributed by atoms with E-state index in [1.165, 1.54) is 32.0 Å². The summed E-state index contributed by atoms with van der Waals surface area (Å²) < 4.78 is 14.4. The van der Waals surface area contributed by atoms with Crippen molar-refractivity contribution in [3.63, 3.8) is 0 Å². The number of carboxylic acids is 1. The zero-order chi connectivity index (χ0) is 17.1. The summed E-state index contributed by atoms with van der Waals surface area (Å²) in [5.41, 5.74) is 2.17. The second-order valence-electron chi connectivity index (χ2n) is 8.07. The van der Waals surface area contributed by atoms with E-state index in [2.05, 4.69) is 23.8 Å². The first-order chi connectivity index (χ1) is 11.4. The van der Waals surface area contributed by atoms with Crippen LogP contribution in [0.2, 0.25) is 0 Å². The molecule has 0 bridgehead atoms. The first-order valence-electron chi connectivity index (χ1n) is 8.90. The topological polar surface area (TPSA) is 43.8 Å². The number of benzene rings is 1. The molecule has 2 aliphatic heterocycles. The molecule has 1 saturated carbocycles. The van der Waals surface area contributed by atoms with Gasteiger partial charge in [0, 0.05) is 31.7 Å². The number of rotatable bonds is 3. The maximum Gasteiger partial charge on any atom is 0.335 e. The van der Waals surface area contributed by atoms with Crippen LogP contribution >= 0.6 is 0 Å². The van der Waals surface area contributed by atoms with E-state index in [1.807, 2.05) is 0 Å². The molecule has 1 aromatic rings. The Labute approximate surface area is 142 Å². The Balaban J connectivity index is 1.56. The zero-order valence-corrected chi connectivity index (χ0v) is 14.4. The van der Waals surface area contributed by atoms with Crippen LogP contribution in [0.25, 0.3) is 0 Å². The Morgan fingerprint density at radius 1 is 1.38 bits per heavy atom. The van der Waals surface area contributed by atoms with Crippen LogP contribution in [0.1, 0.15) is 47.7 Å². The highest BCUT2D eigenvalue weighted by Gasteiger charge is 2.53. The van der Waals surface area contributed by atoms with E-state index in [1.54, 1.807) is 6.07 Å². The van der Waals surface area contributed by atoms with Crippen LogP contribution in [0, 0.1) is 11.2 Å². The van der Waals surface area contributed by atoms with Gasteiger partial charge in [-0.1, -0.05) is 6.92 Å². The van der Waals surface area contributed by atoms with E-state index in [0.29, 0.717) is 30.5 Å². The van der Waals surface area contributed by atoms with E-state index >= 15 is 0 Å². The third-order valence-corrected chi connectivity index (χ3v) is 6.28. The number of nitrogens with zero attached hydrogens (tertiary/aromatic N) is 2. The molecule has 0 amide bonds. The highest BCUT2D eigenvalue weighted by molar-refractivity contribution is 5.88. The van der Waals surface area contributed by atoms with Crippen molar-refractivity contribution in [1.29, 1.82) is 0 Å². The van der Waals surface area contributed by atoms with Gasteiger partial charge in [0.25, 0.3) is 0 Å². The van der Waals surface area contributed by atoms with Crippen LogP contribution < -0.4 is 0 Å². The average Bonchev–Trinajstić information content (AvgIpc) is 2.48. The van der Waals surface area contributed by atoms with Crippen LogP contribution in [0.3, 0.4) is 0 Å². The van der Waals surface area contributed by atoms with Crippen molar-refractivity contribution in [3.8, 4) is 0 Å². The quantitative estimate of drug-likeness (QED) is 0.924. The minimum absolute atomic E-state index is 0.0619. The second kappa shape index (κ2) is 5.53. The molecule has 24 heavy (non-hydrogen) atoms. The van der Waals surface area contributed by atoms with Gasteiger partial charge in [-0.15, -0.1) is 0 Å². The molecule has 1 unspecified atom stereocenters. The summed E-state index contributed by atoms with van der Waals surface area (Å²) >= 11 is 0. The summed E-state index contributed by atoms with van der Waals surface area (Å²) in [6.07, 6.45) is 4.15. The molecule has 1 aromatic carbocycles. The smallest absolute Gasteiger partial charge is 0.335 e. The molecule has 1 aliphatic carbocycles. The third kappa shape index (κ3) is 2.45. The first kappa shape index (κ1) is 16.0. The molecule has 2 heterocycles. The maximum atomic E-state index is 14.4. The Morgan fingerprint density at radius 3 is 2.67 bits per heavy atom. The lowest BCUT2D eigenvalue weighted by molar-refractivity contribution is -0.112. The van der Waals surface area contributed by atoms with Gasteiger partial charge in [0.15, 0.2) is 0 Å². The number of fused-ring (bicyclic) bond motifs is 1. The van der Waals surface area contributed by atoms with Gasteiger partial charge < -0.3 is 10.0 Å². The molecule has 1 N–H and O–H groups in total. The summed E-state index contributed by atoms with van der Waals surface area (Å²) in [6, 6.07) is 3.77. The Kier molecular flexibility index (Phi) is 3.69. The Bertz CT molecular complexity index is 676. The van der Waals surface area contributed by atoms with Crippen molar-refractivity contribution in [2.75, 3.05) is 20.1 Å². The zero-order valence-electron chi connectivity index (χ0n) is 14.4. The molecule has 1 atom stereocenters. The van der Waals surface area contributed by atoms with Crippen molar-refractivity contribution < 1.29 is 14.3 Å². The highest BCUT2D eigenvalue weighted by atomic mass is 19.1. The molecule has 0 aromatic heterocycles. The van der Waals surface area contributed by atoms with Crippen molar-refractivity contribution in [1.82, 2.24) is 9.80 Å². The summed E-state index contributed by atoms with van der Waals surface area (Å²) in [4.78, 5) is 16.1. The summed E-state index contributed by atoms with van der Waals surface area (Å²) in [6.45, 7) is 5.24. The van der Waals surface area contributed by atoms with Crippen molar-refractivity contribution in [3.05, 3.63) is 34.6 Å². The molecule has 2 fully saturated rings. The van der Waals surface area contributed by atoms with Gasteiger partial charge in [0.1, 0.15) is 5.82 Å². The van der Waals surface area contributed by atoms with E-state index in [9.17, 15) is 14.3 Å². The minimum atomic E-state index is -1.05. The van der Waals surface area contributed by atoms with Crippen LogP contribution in [-0.4, -0.2) is 53.1 Å². The molecule has 4 rings (SSSR count). The number of likely N-dealkylation sites (tertiary alicyclic amines) is 1. The summed E-state index contributed by atoms with van der Waals surface area (Å²) in [7, 11) is 2.17. The number of halogens is 1. The highest BCUT2D eigenvalue weighted by Crippen LogP contribution is 2.51. The lowest BCUT2D eigenvalue weighted by atomic mass is 9.60. The molecular formula is C19H25FN2O2. The molecule has 4 nitrogen and oxygen atoms in total. The molecule has 1 spiro atoms. The monoisotopic (exact) mass is 332 g/mol. The molecule has 5 heteroatoms. The van der Waals surface area contributed by atoms with Crippen LogP contribution in [-0.2, 0) is 13.0 Å². The largest absolute Gasteiger partial charge is 0.478 e. The molecule has 0 radical (unpaired) electrons. The lowest BCUT2D eigenvalue weighted by Crippen LogP contribution is -2.66. The van der Waals surface area contributed by atoms with Gasteiger partial charge in [0.2, 0.25) is 0 Å². The Hall–Kier alpha value is -1.46. The van der Waals surface area contributed by atoms with Crippen molar-refractivity contribution in [2.45, 2.75) is 51.2 Å². The van der Waals surface area contributed by atoms with Gasteiger partial charge in [-0.3, -0.25) is 4.90 Å². The van der Waals surface area contributed by atoms with E-state index < -0.39 is 5.97 Å². The number of hydrogen-bond donors (Lipinski definition) is 1. The lowest BCUT2D eigenvalue weighted by Gasteiger charge is -2.62. The fourth-order valence-corrected chi connectivity index (χ4v) is 5.20. The third-order valence-electron chi connectivity index (χ3n) is 6.28. The van der Waals surface area contributed by atoms with Crippen LogP contribution in [0.5, 0.6) is 0 Å². The minimum Gasteiger partial charge on any atom is -0.478 e. The average molecular weight is 332 g/mol. The second-order valence-corrected chi connectivity index (χ2v) is 8.07. The standard InChI is InChI=1S/C19H25FN2O2/c1-3-14-6-16-13(4-12(18(23)24)5-17(16)20)9-22(14)15-7-19(8-15)10-21(2)11-19/h4-5,14-15H,3,6-11H2,1-2H3,(H,23,24). The first-order valence-corrected chi connectivity index (χ1v) is 8.90. The summed E-state index contributed by atoms with van der Waals surface area (Å²) in [5.74, 6) is -1.41. The van der Waals surface area contributed by atoms with Gasteiger partial charge in [-0.2, -0.15) is 0 Å². The van der Waals surface area contributed by atoms with Gasteiger partial charge >= 0.3 is 5.97 Å². The molecule has 3 aliphatic rings. The Morgan fingerprint density at radius 2 is 2.08 bits per heavy atom. The van der Waals surface area contributed by atoms with Crippen LogP contribution in [0.4, 0.5) is 4.39 Å². The maximum absolute atomic E-state index is 14.4. The predicted molar refractivity (Wildman–Crippen MR) is 89.6 cm³/mol. The van der Waals surface area contributed by atoms with Crippen molar-refractivity contribution >= 4 is 5.97 Å². The molecule has 130 valence electrons. The van der Waals surface area contributed by atoms with Crippen LogP contribution in [0.15, 0.2) is 12.1 Å². The number of aromatic carboxylic acids is 1. The van der Waals surface area contributed by atoms with E-state index in [-0.39, 0.29) is 11.4 Å². The fraction of sp³-hybridized carbons (Fsp3) is 0.632. The fourth-order valence-electron chi connectivity index (χ4n) is 5.20. The van der Waals surface area contributed by atoms with Crippen molar-refractivity contribution in [2.24, 2.45) is 5.41 Å². The predicted octanol–water partition coefficient (Wildman–Crippen LogP) is 2.75. The SMILES string of the molecule is CCC1Cc2c(F)cc(C(=O)O)cc2CN1C1CC2(C1)CN(C)C2. The molecule has 1 saturated heterocycles. The normalized spacial score (nSPS) is 26.7. The number of carbonyl (C=O) groups is 1. The summed E-state index contributed by atoms with van der Waals surface area (Å²) in [5, 5.41) is 9.19. The van der Waals surface area contributed by atoms with Gasteiger partial charge in [0.05, 0.1) is 5.56 Å².